The van der Waals surface area contributed by atoms with Gasteiger partial charge in [0.1, 0.15) is 0 Å². The zero-order valence-corrected chi connectivity index (χ0v) is 9.07. The summed E-state index contributed by atoms with van der Waals surface area (Å²) in [4.78, 5) is 24.0. The van der Waals surface area contributed by atoms with E-state index in [2.05, 4.69) is 5.32 Å². The third kappa shape index (κ3) is 2.00. The van der Waals surface area contributed by atoms with Crippen LogP contribution >= 0.6 is 11.6 Å². The van der Waals surface area contributed by atoms with E-state index in [0.29, 0.717) is 10.7 Å². The van der Waals surface area contributed by atoms with Crippen LogP contribution in [0.25, 0.3) is 0 Å². The lowest BCUT2D eigenvalue weighted by Crippen LogP contribution is -2.58. The van der Waals surface area contributed by atoms with E-state index in [-0.39, 0.29) is 12.3 Å². The second-order valence-electron chi connectivity index (χ2n) is 3.47. The van der Waals surface area contributed by atoms with Crippen LogP contribution in [0.3, 0.4) is 0 Å². The van der Waals surface area contributed by atoms with Crippen LogP contribution in [0.2, 0.25) is 5.02 Å². The first kappa shape index (κ1) is 10.9. The van der Waals surface area contributed by atoms with E-state index < -0.39 is 12.2 Å². The first-order valence-corrected chi connectivity index (χ1v) is 5.10. The Labute approximate surface area is 97.2 Å². The van der Waals surface area contributed by atoms with Gasteiger partial charge in [0.2, 0.25) is 5.91 Å². The number of benzene rings is 1. The Balaban J connectivity index is 2.32. The fourth-order valence-electron chi connectivity index (χ4n) is 1.60. The highest BCUT2D eigenvalue weighted by molar-refractivity contribution is 6.31. The number of anilines is 1. The molecule has 0 saturated carbocycles. The van der Waals surface area contributed by atoms with E-state index in [0.717, 1.165) is 0 Å². The molecule has 3 N–H and O–H groups in total. The Hall–Kier alpha value is -1.59. The molecule has 1 aromatic rings. The van der Waals surface area contributed by atoms with Gasteiger partial charge in [0, 0.05) is 10.7 Å². The highest BCUT2D eigenvalue weighted by atomic mass is 35.5. The van der Waals surface area contributed by atoms with Crippen molar-refractivity contribution in [3.63, 3.8) is 0 Å². The van der Waals surface area contributed by atoms with Crippen LogP contribution in [-0.2, 0) is 4.79 Å². The average Bonchev–Trinajstić information content (AvgIpc) is 2.15. The molecule has 0 spiro atoms. The topological polar surface area (TPSA) is 75.4 Å². The molecule has 1 unspecified atom stereocenters. The summed E-state index contributed by atoms with van der Waals surface area (Å²) < 4.78 is 0. The number of imide groups is 1. The van der Waals surface area contributed by atoms with Gasteiger partial charge < -0.3 is 5.73 Å². The van der Waals surface area contributed by atoms with Crippen LogP contribution in [0.15, 0.2) is 24.3 Å². The molecular formula is C10H10ClN3O2. The zero-order valence-electron chi connectivity index (χ0n) is 8.31. The van der Waals surface area contributed by atoms with Crippen molar-refractivity contribution in [1.29, 1.82) is 0 Å². The molecule has 5 nitrogen and oxygen atoms in total. The third-order valence-electron chi connectivity index (χ3n) is 2.28. The Bertz CT molecular complexity index is 449. The van der Waals surface area contributed by atoms with Crippen molar-refractivity contribution in [2.45, 2.75) is 12.6 Å². The normalized spacial score (nSPS) is 20.9. The van der Waals surface area contributed by atoms with E-state index in [1.807, 2.05) is 0 Å². The molecule has 1 fully saturated rings. The number of hydrogen-bond donors (Lipinski definition) is 2. The number of nitrogens with one attached hydrogen (secondary N) is 1. The van der Waals surface area contributed by atoms with Crippen LogP contribution < -0.4 is 16.0 Å². The molecule has 0 aromatic heterocycles. The maximum absolute atomic E-state index is 11.6. The molecule has 1 saturated heterocycles. The maximum atomic E-state index is 11.6. The lowest BCUT2D eigenvalue weighted by Gasteiger charge is -2.32. The van der Waals surface area contributed by atoms with E-state index in [9.17, 15) is 9.59 Å². The van der Waals surface area contributed by atoms with E-state index in [1.165, 1.54) is 4.90 Å². The minimum atomic E-state index is -0.653. The van der Waals surface area contributed by atoms with Gasteiger partial charge in [0.15, 0.2) is 0 Å². The molecule has 3 amide bonds. The molecule has 1 aliphatic heterocycles. The number of rotatable bonds is 1. The van der Waals surface area contributed by atoms with Gasteiger partial charge in [0.05, 0.1) is 12.6 Å². The Morgan fingerprint density at radius 3 is 2.81 bits per heavy atom. The Morgan fingerprint density at radius 1 is 1.44 bits per heavy atom. The predicted molar refractivity (Wildman–Crippen MR) is 60.1 cm³/mol. The Morgan fingerprint density at radius 2 is 2.19 bits per heavy atom. The molecule has 16 heavy (non-hydrogen) atoms. The first-order valence-electron chi connectivity index (χ1n) is 4.72. The number of amides is 3. The SMILES string of the molecule is NC1CC(=O)NC(=O)N1c1cccc(Cl)c1. The molecule has 2 rings (SSSR count). The van der Waals surface area contributed by atoms with Crippen molar-refractivity contribution < 1.29 is 9.59 Å². The maximum Gasteiger partial charge on any atom is 0.329 e. The summed E-state index contributed by atoms with van der Waals surface area (Å²) in [5.74, 6) is -0.365. The van der Waals surface area contributed by atoms with E-state index >= 15 is 0 Å². The summed E-state index contributed by atoms with van der Waals surface area (Å²) in [6.07, 6.45) is -0.571. The molecule has 1 atom stereocenters. The fourth-order valence-corrected chi connectivity index (χ4v) is 1.78. The van der Waals surface area contributed by atoms with Crippen LogP contribution in [0.1, 0.15) is 6.42 Å². The van der Waals surface area contributed by atoms with Crippen molar-refractivity contribution in [3.8, 4) is 0 Å². The summed E-state index contributed by atoms with van der Waals surface area (Å²) >= 11 is 5.82. The largest absolute Gasteiger partial charge is 0.329 e. The van der Waals surface area contributed by atoms with Gasteiger partial charge >= 0.3 is 6.03 Å². The second kappa shape index (κ2) is 4.11. The highest BCUT2D eigenvalue weighted by Crippen LogP contribution is 2.22. The van der Waals surface area contributed by atoms with Gasteiger partial charge in [-0.3, -0.25) is 15.0 Å². The molecule has 1 heterocycles. The number of nitrogens with two attached hydrogens (primary N) is 1. The molecule has 1 aliphatic rings. The van der Waals surface area contributed by atoms with Crippen LogP contribution in [0.4, 0.5) is 10.5 Å². The van der Waals surface area contributed by atoms with Crippen molar-refractivity contribution >= 4 is 29.2 Å². The lowest BCUT2D eigenvalue weighted by molar-refractivity contribution is -0.120. The van der Waals surface area contributed by atoms with E-state index in [1.54, 1.807) is 24.3 Å². The molecule has 6 heteroatoms. The third-order valence-corrected chi connectivity index (χ3v) is 2.51. The minimum absolute atomic E-state index is 0.0816. The van der Waals surface area contributed by atoms with Gasteiger partial charge in [-0.1, -0.05) is 17.7 Å². The van der Waals surface area contributed by atoms with Gasteiger partial charge in [-0.15, -0.1) is 0 Å². The van der Waals surface area contributed by atoms with Crippen molar-refractivity contribution in [2.75, 3.05) is 4.90 Å². The quantitative estimate of drug-likeness (QED) is 0.770. The van der Waals surface area contributed by atoms with Crippen molar-refractivity contribution in [3.05, 3.63) is 29.3 Å². The van der Waals surface area contributed by atoms with Crippen LogP contribution in [0.5, 0.6) is 0 Å². The summed E-state index contributed by atoms with van der Waals surface area (Å²) in [5.41, 5.74) is 6.32. The molecule has 0 radical (unpaired) electrons. The molecule has 0 aliphatic carbocycles. The summed E-state index contributed by atoms with van der Waals surface area (Å²) in [5, 5.41) is 2.71. The number of hydrogen-bond acceptors (Lipinski definition) is 3. The smallest absolute Gasteiger partial charge is 0.310 e. The van der Waals surface area contributed by atoms with Crippen LogP contribution in [-0.4, -0.2) is 18.1 Å². The number of urea groups is 1. The summed E-state index contributed by atoms with van der Waals surface area (Å²) in [7, 11) is 0. The zero-order chi connectivity index (χ0) is 11.7. The lowest BCUT2D eigenvalue weighted by atomic mass is 10.2. The summed E-state index contributed by atoms with van der Waals surface area (Å²) in [6, 6.07) is 6.22. The van der Waals surface area contributed by atoms with Gasteiger partial charge in [-0.25, -0.2) is 4.79 Å². The average molecular weight is 240 g/mol. The number of carbonyl (C=O) groups excluding carboxylic acids is 2. The first-order chi connectivity index (χ1) is 7.58. The highest BCUT2D eigenvalue weighted by Gasteiger charge is 2.30. The number of halogens is 1. The van der Waals surface area contributed by atoms with Gasteiger partial charge in [0.25, 0.3) is 0 Å². The molecule has 84 valence electrons. The summed E-state index contributed by atoms with van der Waals surface area (Å²) in [6.45, 7) is 0. The van der Waals surface area contributed by atoms with Gasteiger partial charge in [-0.05, 0) is 18.2 Å². The van der Waals surface area contributed by atoms with Crippen molar-refractivity contribution in [1.82, 2.24) is 5.32 Å². The predicted octanol–water partition coefficient (Wildman–Crippen LogP) is 1.07. The van der Waals surface area contributed by atoms with Gasteiger partial charge in [-0.2, -0.15) is 0 Å². The minimum Gasteiger partial charge on any atom is -0.310 e. The second-order valence-corrected chi connectivity index (χ2v) is 3.91. The molecule has 1 aromatic carbocycles. The number of nitrogens with zero attached hydrogens (tertiary/aromatic N) is 1. The molecule has 0 bridgehead atoms. The molecular weight excluding hydrogens is 230 g/mol. The monoisotopic (exact) mass is 239 g/mol. The van der Waals surface area contributed by atoms with Crippen LogP contribution in [0, 0.1) is 0 Å². The van der Waals surface area contributed by atoms with Crippen molar-refractivity contribution in [2.24, 2.45) is 5.73 Å². The standard InChI is InChI=1S/C10H10ClN3O2/c11-6-2-1-3-7(4-6)14-8(12)5-9(15)13-10(14)16/h1-4,8H,5,12H2,(H,13,15,16). The van der Waals surface area contributed by atoms with E-state index in [4.69, 9.17) is 17.3 Å². The Kier molecular flexibility index (Phi) is 2.80. The fraction of sp³-hybridized carbons (Fsp3) is 0.200. The number of carbonyl (C=O) groups is 2.